The highest BCUT2D eigenvalue weighted by Gasteiger charge is 2.35. The number of unbranched alkanes of at least 4 members (excludes halogenated alkanes) is 4. The zero-order valence-electron chi connectivity index (χ0n) is 25.9. The first-order valence-corrected chi connectivity index (χ1v) is 16.2. The van der Waals surface area contributed by atoms with E-state index in [2.05, 4.69) is 24.5 Å². The Kier molecular flexibility index (Phi) is 11.3. The number of nitrogens with one attached hydrogen (secondary N) is 2. The Morgan fingerprint density at radius 3 is 2.57 bits per heavy atom. The van der Waals surface area contributed by atoms with Crippen molar-refractivity contribution in [3.63, 3.8) is 0 Å². The lowest BCUT2D eigenvalue weighted by Crippen LogP contribution is -2.31. The number of rotatable bonds is 15. The molecule has 0 saturated heterocycles. The van der Waals surface area contributed by atoms with E-state index in [-0.39, 0.29) is 5.91 Å². The highest BCUT2D eigenvalue weighted by atomic mass is 32.2. The molecule has 0 aliphatic carbocycles. The lowest BCUT2D eigenvalue weighted by molar-refractivity contribution is -0.113. The molecule has 0 radical (unpaired) electrons. The van der Waals surface area contributed by atoms with Crippen LogP contribution in [0.3, 0.4) is 0 Å². The molecule has 2 heterocycles. The Balaban J connectivity index is 1.72. The van der Waals surface area contributed by atoms with E-state index in [0.717, 1.165) is 59.5 Å². The molecular formula is C33H45N5O3S. The van der Waals surface area contributed by atoms with Crippen molar-refractivity contribution in [1.82, 2.24) is 14.8 Å². The minimum absolute atomic E-state index is 0.186. The maximum atomic E-state index is 14.0. The van der Waals surface area contributed by atoms with Crippen LogP contribution in [0.1, 0.15) is 89.0 Å². The molecule has 1 unspecified atom stereocenters. The number of nitrogens with zero attached hydrogens (tertiary/aromatic N) is 3. The van der Waals surface area contributed by atoms with Crippen molar-refractivity contribution in [2.24, 2.45) is 0 Å². The van der Waals surface area contributed by atoms with Gasteiger partial charge in [0.2, 0.25) is 11.1 Å². The van der Waals surface area contributed by atoms with Crippen molar-refractivity contribution in [1.29, 1.82) is 0 Å². The van der Waals surface area contributed by atoms with E-state index in [1.54, 1.807) is 11.8 Å². The SMILES string of the molecule is CCCCCCOc1ccc(C2C(C(=O)Nc3cccc(C)c3C)=C(C)Nc3nc(SCCCC)nn32)cc1OCC. The van der Waals surface area contributed by atoms with Crippen LogP contribution in [-0.4, -0.2) is 39.6 Å². The summed E-state index contributed by atoms with van der Waals surface area (Å²) in [5.74, 6) is 2.75. The molecule has 1 amide bonds. The third-order valence-corrected chi connectivity index (χ3v) is 8.42. The van der Waals surface area contributed by atoms with Gasteiger partial charge in [0, 0.05) is 17.1 Å². The quantitative estimate of drug-likeness (QED) is 0.136. The monoisotopic (exact) mass is 591 g/mol. The molecule has 0 saturated carbocycles. The fourth-order valence-electron chi connectivity index (χ4n) is 4.97. The van der Waals surface area contributed by atoms with E-state index in [4.69, 9.17) is 19.6 Å². The van der Waals surface area contributed by atoms with Gasteiger partial charge in [-0.25, -0.2) is 4.68 Å². The molecule has 0 fully saturated rings. The van der Waals surface area contributed by atoms with Crippen molar-refractivity contribution in [3.8, 4) is 11.5 Å². The van der Waals surface area contributed by atoms with Crippen LogP contribution in [-0.2, 0) is 4.79 Å². The highest BCUT2D eigenvalue weighted by Crippen LogP contribution is 2.40. The summed E-state index contributed by atoms with van der Waals surface area (Å²) in [5.41, 5.74) is 5.15. The number of thioether (sulfide) groups is 1. The Bertz CT molecular complexity index is 1400. The Morgan fingerprint density at radius 2 is 1.81 bits per heavy atom. The average Bonchev–Trinajstić information content (AvgIpc) is 3.37. The number of anilines is 2. The Hall–Kier alpha value is -3.46. The second-order valence-electron chi connectivity index (χ2n) is 10.7. The predicted molar refractivity (Wildman–Crippen MR) is 172 cm³/mol. The molecule has 226 valence electrons. The molecule has 1 aromatic heterocycles. The first-order valence-electron chi connectivity index (χ1n) is 15.2. The standard InChI is InChI=1S/C33H45N5O3S/c1-7-10-12-13-19-41-27-18-17-25(21-28(27)40-9-3)30-29(31(39)35-26-16-14-15-22(4)23(26)5)24(6)34-32-36-33(37-38(30)32)42-20-11-8-2/h14-18,21,30H,7-13,19-20H2,1-6H3,(H,35,39)(H,34,36,37). The van der Waals surface area contributed by atoms with Gasteiger partial charge >= 0.3 is 0 Å². The van der Waals surface area contributed by atoms with Crippen LogP contribution in [0.5, 0.6) is 11.5 Å². The number of hydrogen-bond acceptors (Lipinski definition) is 7. The fraction of sp³-hybridized carbons (Fsp3) is 0.485. The van der Waals surface area contributed by atoms with Crippen LogP contribution >= 0.6 is 11.8 Å². The maximum absolute atomic E-state index is 14.0. The van der Waals surface area contributed by atoms with Gasteiger partial charge in [0.25, 0.3) is 5.91 Å². The van der Waals surface area contributed by atoms with Gasteiger partial charge in [0.15, 0.2) is 11.5 Å². The molecule has 4 rings (SSSR count). The van der Waals surface area contributed by atoms with Gasteiger partial charge < -0.3 is 20.1 Å². The number of aryl methyl sites for hydroxylation is 1. The maximum Gasteiger partial charge on any atom is 0.255 e. The minimum Gasteiger partial charge on any atom is -0.490 e. The van der Waals surface area contributed by atoms with Crippen LogP contribution in [0, 0.1) is 13.8 Å². The van der Waals surface area contributed by atoms with Crippen molar-refractivity contribution < 1.29 is 14.3 Å². The van der Waals surface area contributed by atoms with Crippen molar-refractivity contribution in [2.75, 3.05) is 29.6 Å². The van der Waals surface area contributed by atoms with Crippen LogP contribution in [0.15, 0.2) is 52.8 Å². The zero-order valence-corrected chi connectivity index (χ0v) is 26.7. The number of amides is 1. The third kappa shape index (κ3) is 7.48. The highest BCUT2D eigenvalue weighted by molar-refractivity contribution is 7.99. The van der Waals surface area contributed by atoms with Gasteiger partial charge in [-0.3, -0.25) is 4.79 Å². The largest absolute Gasteiger partial charge is 0.490 e. The summed E-state index contributed by atoms with van der Waals surface area (Å²) in [6, 6.07) is 11.4. The van der Waals surface area contributed by atoms with Gasteiger partial charge in [-0.15, -0.1) is 5.10 Å². The van der Waals surface area contributed by atoms with Crippen LogP contribution in [0.4, 0.5) is 11.6 Å². The lowest BCUT2D eigenvalue weighted by atomic mass is 9.94. The van der Waals surface area contributed by atoms with E-state index < -0.39 is 6.04 Å². The number of fused-ring (bicyclic) bond motifs is 1. The third-order valence-electron chi connectivity index (χ3n) is 7.50. The summed E-state index contributed by atoms with van der Waals surface area (Å²) in [5, 5.41) is 12.1. The van der Waals surface area contributed by atoms with E-state index in [9.17, 15) is 4.79 Å². The predicted octanol–water partition coefficient (Wildman–Crippen LogP) is 8.07. The normalized spacial score (nSPS) is 14.4. The van der Waals surface area contributed by atoms with Gasteiger partial charge in [-0.05, 0) is 75.4 Å². The molecule has 8 nitrogen and oxygen atoms in total. The van der Waals surface area contributed by atoms with Crippen molar-refractivity contribution in [3.05, 3.63) is 64.4 Å². The lowest BCUT2D eigenvalue weighted by Gasteiger charge is -2.29. The van der Waals surface area contributed by atoms with Crippen LogP contribution < -0.4 is 20.1 Å². The average molecular weight is 592 g/mol. The van der Waals surface area contributed by atoms with Crippen molar-refractivity contribution >= 4 is 29.3 Å². The molecule has 2 aromatic carbocycles. The molecule has 3 aromatic rings. The molecule has 9 heteroatoms. The summed E-state index contributed by atoms with van der Waals surface area (Å²) < 4.78 is 14.0. The van der Waals surface area contributed by atoms with E-state index in [1.807, 2.05) is 68.8 Å². The molecule has 1 aliphatic rings. The summed E-state index contributed by atoms with van der Waals surface area (Å²) in [4.78, 5) is 18.8. The molecule has 1 aliphatic heterocycles. The molecule has 0 spiro atoms. The molecule has 0 bridgehead atoms. The molecule has 42 heavy (non-hydrogen) atoms. The van der Waals surface area contributed by atoms with E-state index in [1.165, 1.54) is 12.8 Å². The summed E-state index contributed by atoms with van der Waals surface area (Å²) in [6.45, 7) is 13.5. The van der Waals surface area contributed by atoms with E-state index in [0.29, 0.717) is 41.4 Å². The zero-order chi connectivity index (χ0) is 30.1. The second-order valence-corrected chi connectivity index (χ2v) is 11.7. The first kappa shape index (κ1) is 31.5. The second kappa shape index (κ2) is 15.1. The minimum atomic E-state index is -0.503. The number of hydrogen-bond donors (Lipinski definition) is 2. The molecular weight excluding hydrogens is 546 g/mol. The van der Waals surface area contributed by atoms with Gasteiger partial charge in [0.1, 0.15) is 6.04 Å². The number of ether oxygens (including phenoxy) is 2. The summed E-state index contributed by atoms with van der Waals surface area (Å²) >= 11 is 1.63. The number of benzene rings is 2. The number of carbonyl (C=O) groups is 1. The summed E-state index contributed by atoms with van der Waals surface area (Å²) in [7, 11) is 0. The molecule has 1 atom stereocenters. The van der Waals surface area contributed by atoms with Gasteiger partial charge in [-0.2, -0.15) is 4.98 Å². The summed E-state index contributed by atoms with van der Waals surface area (Å²) in [6.07, 6.45) is 6.73. The van der Waals surface area contributed by atoms with Gasteiger partial charge in [0.05, 0.1) is 18.8 Å². The van der Waals surface area contributed by atoms with Crippen molar-refractivity contribution in [2.45, 2.75) is 91.3 Å². The topological polar surface area (TPSA) is 90.3 Å². The molecule has 2 N–H and O–H groups in total. The smallest absolute Gasteiger partial charge is 0.255 e. The Labute approximate surface area is 254 Å². The fourth-order valence-corrected chi connectivity index (χ4v) is 5.88. The number of allylic oxidation sites excluding steroid dienone is 1. The Morgan fingerprint density at radius 1 is 1.00 bits per heavy atom. The van der Waals surface area contributed by atoms with Crippen LogP contribution in [0.25, 0.3) is 0 Å². The first-order chi connectivity index (χ1) is 20.4. The number of aromatic nitrogens is 3. The number of carbonyl (C=O) groups excluding carboxylic acids is 1. The van der Waals surface area contributed by atoms with E-state index >= 15 is 0 Å². The van der Waals surface area contributed by atoms with Gasteiger partial charge in [-0.1, -0.05) is 69.5 Å². The van der Waals surface area contributed by atoms with Crippen LogP contribution in [0.2, 0.25) is 0 Å².